The smallest absolute Gasteiger partial charge is 0.376 e. The first-order chi connectivity index (χ1) is 11.8. The van der Waals surface area contributed by atoms with Gasteiger partial charge in [0.05, 0.1) is 24.1 Å². The van der Waals surface area contributed by atoms with Gasteiger partial charge in [0.2, 0.25) is 0 Å². The minimum Gasteiger partial charge on any atom is -0.376 e. The van der Waals surface area contributed by atoms with E-state index in [1.807, 2.05) is 0 Å². The van der Waals surface area contributed by atoms with Gasteiger partial charge in [0, 0.05) is 6.61 Å². The van der Waals surface area contributed by atoms with Crippen LogP contribution in [0.2, 0.25) is 0 Å². The lowest BCUT2D eigenvalue weighted by Gasteiger charge is -2.24. The molecule has 0 bridgehead atoms. The lowest BCUT2D eigenvalue weighted by molar-refractivity contribution is -0.130. The summed E-state index contributed by atoms with van der Waals surface area (Å²) in [7, 11) is 0. The molecule has 0 spiro atoms. The first-order valence-electron chi connectivity index (χ1n) is 8.29. The maximum Gasteiger partial charge on any atom is 0.405 e. The van der Waals surface area contributed by atoms with Crippen molar-refractivity contribution in [2.75, 3.05) is 30.4 Å². The van der Waals surface area contributed by atoms with E-state index in [-0.39, 0.29) is 17.5 Å². The van der Waals surface area contributed by atoms with Crippen LogP contribution in [0.5, 0.6) is 0 Å². The third-order valence-corrected chi connectivity index (χ3v) is 3.84. The largest absolute Gasteiger partial charge is 0.405 e. The van der Waals surface area contributed by atoms with Crippen molar-refractivity contribution in [3.05, 3.63) is 24.3 Å². The molecule has 0 aliphatic carbocycles. The first-order valence-corrected chi connectivity index (χ1v) is 8.29. The third-order valence-electron chi connectivity index (χ3n) is 3.84. The van der Waals surface area contributed by atoms with Crippen molar-refractivity contribution < 1.29 is 27.4 Å². The Bertz CT molecular complexity index is 560. The molecule has 25 heavy (non-hydrogen) atoms. The van der Waals surface area contributed by atoms with E-state index in [0.717, 1.165) is 19.3 Å². The highest BCUT2D eigenvalue weighted by molar-refractivity contribution is 5.96. The van der Waals surface area contributed by atoms with Crippen LogP contribution in [0.25, 0.3) is 0 Å². The van der Waals surface area contributed by atoms with Crippen molar-refractivity contribution in [1.29, 1.82) is 0 Å². The number of ether oxygens (including phenoxy) is 2. The number of amides is 1. The van der Waals surface area contributed by atoms with Crippen LogP contribution in [0.3, 0.4) is 0 Å². The number of carbonyl (C=O) groups is 1. The minimum absolute atomic E-state index is 0.00950. The average molecular weight is 360 g/mol. The molecule has 1 saturated heterocycles. The van der Waals surface area contributed by atoms with Crippen LogP contribution in [-0.2, 0) is 14.3 Å². The van der Waals surface area contributed by atoms with Crippen LogP contribution in [0.15, 0.2) is 24.3 Å². The van der Waals surface area contributed by atoms with E-state index in [4.69, 9.17) is 9.47 Å². The quantitative estimate of drug-likeness (QED) is 0.780. The molecule has 2 unspecified atom stereocenters. The molecule has 2 atom stereocenters. The zero-order valence-corrected chi connectivity index (χ0v) is 14.1. The molecule has 0 aromatic heterocycles. The molecule has 5 nitrogen and oxygen atoms in total. The fourth-order valence-electron chi connectivity index (χ4n) is 2.44. The van der Waals surface area contributed by atoms with E-state index in [2.05, 4.69) is 10.6 Å². The molecule has 1 aromatic carbocycles. The molecule has 1 amide bonds. The molecule has 1 fully saturated rings. The highest BCUT2D eigenvalue weighted by Gasteiger charge is 2.27. The molecular weight excluding hydrogens is 337 g/mol. The van der Waals surface area contributed by atoms with Gasteiger partial charge >= 0.3 is 6.18 Å². The van der Waals surface area contributed by atoms with Gasteiger partial charge in [0.1, 0.15) is 12.6 Å². The molecule has 2 N–H and O–H groups in total. The number of nitrogens with one attached hydrogen (secondary N) is 2. The normalized spacial score (nSPS) is 19.3. The van der Waals surface area contributed by atoms with E-state index in [1.165, 1.54) is 12.1 Å². The van der Waals surface area contributed by atoms with Crippen molar-refractivity contribution in [3.8, 4) is 0 Å². The summed E-state index contributed by atoms with van der Waals surface area (Å²) in [6.07, 6.45) is -2.07. The number of alkyl halides is 3. The molecule has 1 aliphatic rings. The van der Waals surface area contributed by atoms with E-state index >= 15 is 0 Å². The number of hydrogen-bond acceptors (Lipinski definition) is 4. The zero-order valence-electron chi connectivity index (χ0n) is 14.1. The summed E-state index contributed by atoms with van der Waals surface area (Å²) in [6.45, 7) is 1.45. The Labute approximate surface area is 144 Å². The summed E-state index contributed by atoms with van der Waals surface area (Å²) >= 11 is 0. The maximum atomic E-state index is 12.4. The topological polar surface area (TPSA) is 59.6 Å². The van der Waals surface area contributed by atoms with Gasteiger partial charge in [-0.2, -0.15) is 13.2 Å². The van der Waals surface area contributed by atoms with Gasteiger partial charge in [0.15, 0.2) is 0 Å². The summed E-state index contributed by atoms with van der Waals surface area (Å²) < 4.78 is 48.1. The van der Waals surface area contributed by atoms with Gasteiger partial charge in [-0.05, 0) is 38.3 Å². The molecule has 0 radical (unpaired) electrons. The Balaban J connectivity index is 1.86. The van der Waals surface area contributed by atoms with Gasteiger partial charge in [0.25, 0.3) is 5.91 Å². The van der Waals surface area contributed by atoms with Crippen molar-refractivity contribution >= 4 is 17.3 Å². The maximum absolute atomic E-state index is 12.4. The number of benzene rings is 1. The van der Waals surface area contributed by atoms with E-state index in [0.29, 0.717) is 13.2 Å². The molecule has 0 saturated carbocycles. The van der Waals surface area contributed by atoms with Gasteiger partial charge in [-0.15, -0.1) is 0 Å². The second-order valence-electron chi connectivity index (χ2n) is 5.97. The lowest BCUT2D eigenvalue weighted by atomic mass is 10.1. The lowest BCUT2D eigenvalue weighted by Crippen LogP contribution is -2.33. The highest BCUT2D eigenvalue weighted by Crippen LogP contribution is 2.24. The van der Waals surface area contributed by atoms with E-state index in [1.54, 1.807) is 19.1 Å². The summed E-state index contributed by atoms with van der Waals surface area (Å²) in [6, 6.07) is 6.24. The number of hydrogen-bond donors (Lipinski definition) is 2. The van der Waals surface area contributed by atoms with Gasteiger partial charge in [-0.25, -0.2) is 0 Å². The number of para-hydroxylation sites is 2. The number of halogens is 3. The molecule has 140 valence electrons. The van der Waals surface area contributed by atoms with E-state index in [9.17, 15) is 18.0 Å². The number of rotatable bonds is 7. The molecule has 1 aliphatic heterocycles. The van der Waals surface area contributed by atoms with Gasteiger partial charge in [-0.3, -0.25) is 4.79 Å². The first kappa shape index (κ1) is 19.5. The Morgan fingerprint density at radius 3 is 2.68 bits per heavy atom. The Kier molecular flexibility index (Phi) is 7.07. The fourth-order valence-corrected chi connectivity index (χ4v) is 2.44. The van der Waals surface area contributed by atoms with E-state index < -0.39 is 24.7 Å². The number of carbonyl (C=O) groups excluding carboxylic acids is 1. The molecule has 2 rings (SSSR count). The summed E-state index contributed by atoms with van der Waals surface area (Å²) in [5.41, 5.74) is 0.483. The molecule has 1 aromatic rings. The van der Waals surface area contributed by atoms with Crippen molar-refractivity contribution in [3.63, 3.8) is 0 Å². The standard InChI is InChI=1S/C17H23F3N2O3/c1-12(25-10-13-6-4-5-9-24-13)16(23)22-15-8-3-2-7-14(15)21-11-17(18,19)20/h2-3,7-8,12-13,21H,4-6,9-11H2,1H3,(H,22,23). The SMILES string of the molecule is CC(OCC1CCCCO1)C(=O)Nc1ccccc1NCC(F)(F)F. The van der Waals surface area contributed by atoms with Crippen LogP contribution in [0.1, 0.15) is 26.2 Å². The average Bonchev–Trinajstić information content (AvgIpc) is 2.59. The second kappa shape index (κ2) is 9.05. The van der Waals surface area contributed by atoms with Crippen molar-refractivity contribution in [2.24, 2.45) is 0 Å². The van der Waals surface area contributed by atoms with Gasteiger partial charge < -0.3 is 20.1 Å². The molecule has 1 heterocycles. The zero-order chi connectivity index (χ0) is 18.3. The second-order valence-corrected chi connectivity index (χ2v) is 5.97. The molecular formula is C17H23F3N2O3. The Hall–Kier alpha value is -1.80. The van der Waals surface area contributed by atoms with Crippen LogP contribution in [-0.4, -0.2) is 44.0 Å². The van der Waals surface area contributed by atoms with Gasteiger partial charge in [-0.1, -0.05) is 12.1 Å². The third kappa shape index (κ3) is 6.91. The van der Waals surface area contributed by atoms with Crippen molar-refractivity contribution in [2.45, 2.75) is 44.6 Å². The predicted molar refractivity (Wildman–Crippen MR) is 88.6 cm³/mol. The van der Waals surface area contributed by atoms with Crippen molar-refractivity contribution in [1.82, 2.24) is 0 Å². The Morgan fingerprint density at radius 1 is 1.32 bits per heavy atom. The minimum atomic E-state index is -4.34. The van der Waals surface area contributed by atoms with Crippen LogP contribution in [0, 0.1) is 0 Å². The summed E-state index contributed by atoms with van der Waals surface area (Å²) in [5, 5.41) is 4.88. The molecule has 8 heteroatoms. The predicted octanol–water partition coefficient (Wildman–Crippen LogP) is 3.57. The van der Waals surface area contributed by atoms with Crippen LogP contribution >= 0.6 is 0 Å². The Morgan fingerprint density at radius 2 is 2.04 bits per heavy atom. The summed E-state index contributed by atoms with van der Waals surface area (Å²) in [5.74, 6) is -0.419. The van der Waals surface area contributed by atoms with Crippen LogP contribution < -0.4 is 10.6 Å². The number of anilines is 2. The highest BCUT2D eigenvalue weighted by atomic mass is 19.4. The fraction of sp³-hybridized carbons (Fsp3) is 0.588. The van der Waals surface area contributed by atoms with Crippen LogP contribution in [0.4, 0.5) is 24.5 Å². The summed E-state index contributed by atoms with van der Waals surface area (Å²) in [4.78, 5) is 12.2. The monoisotopic (exact) mass is 360 g/mol.